The first-order valence-corrected chi connectivity index (χ1v) is 15.2. The maximum atomic E-state index is 13.4. The number of fused-ring (bicyclic) bond motifs is 1. The summed E-state index contributed by atoms with van der Waals surface area (Å²) in [4.78, 5) is 38.8. The number of carbonyl (C=O) groups is 3. The van der Waals surface area contributed by atoms with Gasteiger partial charge in [-0.2, -0.15) is 5.10 Å². The van der Waals surface area contributed by atoms with Crippen molar-refractivity contribution in [2.75, 3.05) is 6.61 Å². The lowest BCUT2D eigenvalue weighted by molar-refractivity contribution is -0.130. The van der Waals surface area contributed by atoms with Crippen molar-refractivity contribution in [2.24, 2.45) is 5.10 Å². The number of phenolic OH excluding ortho intramolecular Hbond substituents is 1. The predicted octanol–water partition coefficient (Wildman–Crippen LogP) is 4.84. The molecular formula is C35H37ClN4O7. The summed E-state index contributed by atoms with van der Waals surface area (Å²) in [6.07, 6.45) is 0.582. The lowest BCUT2D eigenvalue weighted by Crippen LogP contribution is -2.55. The maximum absolute atomic E-state index is 13.4. The van der Waals surface area contributed by atoms with Crippen LogP contribution < -0.4 is 20.8 Å². The first kappa shape index (κ1) is 34.7. The zero-order valence-corrected chi connectivity index (χ0v) is 27.0. The van der Waals surface area contributed by atoms with Crippen molar-refractivity contribution in [3.05, 3.63) is 107 Å². The molecule has 0 spiro atoms. The minimum atomic E-state index is -1.39. The molecule has 0 aliphatic carbocycles. The van der Waals surface area contributed by atoms with Crippen LogP contribution in [0.3, 0.4) is 0 Å². The number of phenols is 1. The number of rotatable bonds is 12. The van der Waals surface area contributed by atoms with Crippen LogP contribution in [0, 0.1) is 0 Å². The Morgan fingerprint density at radius 1 is 0.872 bits per heavy atom. The van der Waals surface area contributed by atoms with E-state index in [1.54, 1.807) is 45.0 Å². The van der Waals surface area contributed by atoms with Gasteiger partial charge in [-0.3, -0.25) is 9.59 Å². The molecule has 246 valence electrons. The molecule has 4 aromatic rings. The summed E-state index contributed by atoms with van der Waals surface area (Å²) in [6, 6.07) is 22.2. The average molecular weight is 661 g/mol. The molecule has 0 saturated heterocycles. The molecule has 0 bridgehead atoms. The number of aliphatic hydroxyl groups is 1. The second-order valence-electron chi connectivity index (χ2n) is 11.7. The summed E-state index contributed by atoms with van der Waals surface area (Å²) >= 11 is 6.01. The molecule has 0 aliphatic heterocycles. The van der Waals surface area contributed by atoms with Crippen LogP contribution in [0.4, 0.5) is 4.79 Å². The standard InChI is InChI=1S/C35H37ClN4O7/c1-35(2,3)47-34(45)39-30(20-41)32(43)38-29(18-22-10-15-26(42)16-11-22)33(44)40-37-19-28-27-7-5-4-6-24(27)12-17-31(28)46-21-23-8-13-25(36)14-9-23/h4-17,19,29-30,41-42H,18,20-21H2,1-3H3,(H,38,43)(H,39,45)(H,40,44)/b37-19-/t29-,30-/m0/s1. The highest BCUT2D eigenvalue weighted by Crippen LogP contribution is 2.27. The van der Waals surface area contributed by atoms with Gasteiger partial charge in [-0.05, 0) is 73.0 Å². The number of carbonyl (C=O) groups excluding carboxylic acids is 3. The number of hydrogen-bond acceptors (Lipinski definition) is 8. The Bertz CT molecular complexity index is 1720. The second kappa shape index (κ2) is 15.9. The Kier molecular flexibility index (Phi) is 11.8. The Labute approximate surface area is 277 Å². The Balaban J connectivity index is 1.53. The van der Waals surface area contributed by atoms with Gasteiger partial charge >= 0.3 is 6.09 Å². The molecule has 12 heteroatoms. The fourth-order valence-electron chi connectivity index (χ4n) is 4.51. The number of hydrogen-bond donors (Lipinski definition) is 5. The molecule has 3 amide bonds. The molecular weight excluding hydrogens is 624 g/mol. The average Bonchev–Trinajstić information content (AvgIpc) is 3.03. The third-order valence-corrected chi connectivity index (χ3v) is 7.06. The minimum absolute atomic E-state index is 0.0156. The quantitative estimate of drug-likeness (QED) is 0.107. The normalized spacial score (nSPS) is 12.7. The number of aliphatic hydroxyl groups excluding tert-OH is 1. The van der Waals surface area contributed by atoms with E-state index in [1.807, 2.05) is 48.5 Å². The molecule has 4 rings (SSSR count). The van der Waals surface area contributed by atoms with E-state index in [0.29, 0.717) is 21.9 Å². The van der Waals surface area contributed by atoms with Gasteiger partial charge in [0, 0.05) is 17.0 Å². The molecule has 0 aromatic heterocycles. The SMILES string of the molecule is CC(C)(C)OC(=O)N[C@@H](CO)C(=O)N[C@@H](Cc1ccc(O)cc1)C(=O)N/N=C\c1c(OCc2ccc(Cl)cc2)ccc2ccccc12. The third kappa shape index (κ3) is 10.5. The Hall–Kier alpha value is -5.13. The van der Waals surface area contributed by atoms with Gasteiger partial charge in [0.05, 0.1) is 12.8 Å². The van der Waals surface area contributed by atoms with Crippen molar-refractivity contribution >= 4 is 46.5 Å². The number of nitrogens with one attached hydrogen (secondary N) is 3. The van der Waals surface area contributed by atoms with E-state index in [-0.39, 0.29) is 18.8 Å². The van der Waals surface area contributed by atoms with Crippen LogP contribution in [-0.2, 0) is 27.4 Å². The second-order valence-corrected chi connectivity index (χ2v) is 12.1. The fraction of sp³-hybridized carbons (Fsp3) is 0.257. The summed E-state index contributed by atoms with van der Waals surface area (Å²) in [7, 11) is 0. The van der Waals surface area contributed by atoms with Gasteiger partial charge in [-0.25, -0.2) is 10.2 Å². The van der Waals surface area contributed by atoms with E-state index in [1.165, 1.54) is 18.3 Å². The summed E-state index contributed by atoms with van der Waals surface area (Å²) < 4.78 is 11.3. The van der Waals surface area contributed by atoms with Gasteiger partial charge in [0.15, 0.2) is 0 Å². The molecule has 5 N–H and O–H groups in total. The summed E-state index contributed by atoms with van der Waals surface area (Å²) in [5.41, 5.74) is 3.82. The van der Waals surface area contributed by atoms with Crippen molar-refractivity contribution in [3.8, 4) is 11.5 Å². The first-order chi connectivity index (χ1) is 22.4. The molecule has 4 aromatic carbocycles. The molecule has 0 heterocycles. The first-order valence-electron chi connectivity index (χ1n) is 14.8. The lowest BCUT2D eigenvalue weighted by atomic mass is 10.0. The number of nitrogens with zero attached hydrogens (tertiary/aromatic N) is 1. The number of halogens is 1. The van der Waals surface area contributed by atoms with E-state index in [0.717, 1.165) is 16.3 Å². The van der Waals surface area contributed by atoms with Gasteiger partial charge in [0.1, 0.15) is 35.8 Å². The van der Waals surface area contributed by atoms with Crippen LogP contribution in [0.2, 0.25) is 5.02 Å². The minimum Gasteiger partial charge on any atom is -0.508 e. The van der Waals surface area contributed by atoms with Gasteiger partial charge in [0.2, 0.25) is 5.91 Å². The van der Waals surface area contributed by atoms with Crippen molar-refractivity contribution in [1.29, 1.82) is 0 Å². The fourth-order valence-corrected chi connectivity index (χ4v) is 4.63. The smallest absolute Gasteiger partial charge is 0.408 e. The highest BCUT2D eigenvalue weighted by Gasteiger charge is 2.28. The van der Waals surface area contributed by atoms with E-state index >= 15 is 0 Å². The van der Waals surface area contributed by atoms with Crippen molar-refractivity contribution in [2.45, 2.75) is 51.5 Å². The molecule has 2 atom stereocenters. The van der Waals surface area contributed by atoms with Crippen LogP contribution in [0.5, 0.6) is 11.5 Å². The number of alkyl carbamates (subject to hydrolysis) is 1. The van der Waals surface area contributed by atoms with Crippen LogP contribution >= 0.6 is 11.6 Å². The van der Waals surface area contributed by atoms with E-state index < -0.39 is 42.2 Å². The highest BCUT2D eigenvalue weighted by molar-refractivity contribution is 6.30. The molecule has 0 saturated carbocycles. The Morgan fingerprint density at radius 2 is 1.55 bits per heavy atom. The monoisotopic (exact) mass is 660 g/mol. The van der Waals surface area contributed by atoms with E-state index in [4.69, 9.17) is 21.1 Å². The van der Waals surface area contributed by atoms with Crippen LogP contribution in [0.25, 0.3) is 10.8 Å². The zero-order valence-electron chi connectivity index (χ0n) is 26.2. The molecule has 11 nitrogen and oxygen atoms in total. The molecule has 47 heavy (non-hydrogen) atoms. The lowest BCUT2D eigenvalue weighted by Gasteiger charge is -2.24. The maximum Gasteiger partial charge on any atom is 0.408 e. The Morgan fingerprint density at radius 3 is 2.23 bits per heavy atom. The van der Waals surface area contributed by atoms with Gasteiger partial charge in [-0.1, -0.05) is 66.2 Å². The molecule has 0 unspecified atom stereocenters. The highest BCUT2D eigenvalue weighted by atomic mass is 35.5. The largest absolute Gasteiger partial charge is 0.508 e. The summed E-state index contributed by atoms with van der Waals surface area (Å²) in [5.74, 6) is -0.909. The molecule has 0 radical (unpaired) electrons. The molecule has 0 fully saturated rings. The van der Waals surface area contributed by atoms with Crippen molar-refractivity contribution in [1.82, 2.24) is 16.1 Å². The number of hydrazone groups is 1. The number of ether oxygens (including phenoxy) is 2. The van der Waals surface area contributed by atoms with Crippen LogP contribution in [0.15, 0.2) is 90.0 Å². The van der Waals surface area contributed by atoms with Gasteiger partial charge in [0.25, 0.3) is 5.91 Å². The predicted molar refractivity (Wildman–Crippen MR) is 179 cm³/mol. The zero-order chi connectivity index (χ0) is 34.0. The third-order valence-electron chi connectivity index (χ3n) is 6.81. The van der Waals surface area contributed by atoms with E-state index in [9.17, 15) is 24.6 Å². The van der Waals surface area contributed by atoms with Gasteiger partial charge < -0.3 is 30.3 Å². The van der Waals surface area contributed by atoms with Crippen LogP contribution in [0.1, 0.15) is 37.5 Å². The summed E-state index contributed by atoms with van der Waals surface area (Å²) in [5, 5.41) is 31.0. The summed E-state index contributed by atoms with van der Waals surface area (Å²) in [6.45, 7) is 4.51. The van der Waals surface area contributed by atoms with Crippen molar-refractivity contribution < 1.29 is 34.1 Å². The molecule has 0 aliphatic rings. The van der Waals surface area contributed by atoms with E-state index in [2.05, 4.69) is 21.2 Å². The van der Waals surface area contributed by atoms with Crippen LogP contribution in [-0.4, -0.2) is 58.6 Å². The van der Waals surface area contributed by atoms with Gasteiger partial charge in [-0.15, -0.1) is 0 Å². The number of benzene rings is 4. The van der Waals surface area contributed by atoms with Crippen molar-refractivity contribution in [3.63, 3.8) is 0 Å². The topological polar surface area (TPSA) is 159 Å². The number of amides is 3. The number of aromatic hydroxyl groups is 1.